The molecule has 1 amide bonds. The van der Waals surface area contributed by atoms with E-state index in [1.165, 1.54) is 83.5 Å². The van der Waals surface area contributed by atoms with Gasteiger partial charge in [0.05, 0.1) is 25.4 Å². The molecule has 0 aromatic heterocycles. The predicted octanol–water partition coefficient (Wildman–Crippen LogP) is 7.33. The van der Waals surface area contributed by atoms with E-state index in [1.54, 1.807) is 6.08 Å². The van der Waals surface area contributed by atoms with E-state index in [9.17, 15) is 30.3 Å². The average Bonchev–Trinajstić information content (AvgIpc) is 3.11. The van der Waals surface area contributed by atoms with Crippen LogP contribution in [-0.4, -0.2) is 87.5 Å². The Labute approximate surface area is 304 Å². The molecule has 1 rings (SSSR count). The lowest BCUT2D eigenvalue weighted by Gasteiger charge is -2.40. The largest absolute Gasteiger partial charge is 0.394 e. The van der Waals surface area contributed by atoms with Crippen molar-refractivity contribution in [1.82, 2.24) is 5.32 Å². The molecule has 6 N–H and O–H groups in total. The number of hydrogen-bond donors (Lipinski definition) is 6. The number of nitrogens with one attached hydrogen (secondary N) is 1. The van der Waals surface area contributed by atoms with Crippen molar-refractivity contribution in [3.8, 4) is 0 Å². The third kappa shape index (κ3) is 23.1. The summed E-state index contributed by atoms with van der Waals surface area (Å²) in [6, 6.07) is -0.805. The molecule has 1 fully saturated rings. The Morgan fingerprint density at radius 2 is 1.18 bits per heavy atom. The number of ether oxygens (including phenoxy) is 2. The highest BCUT2D eigenvalue weighted by atomic mass is 16.7. The Hall–Kier alpha value is -1.59. The van der Waals surface area contributed by atoms with Crippen molar-refractivity contribution in [2.75, 3.05) is 13.2 Å². The average molecular weight is 710 g/mol. The molecule has 7 unspecified atom stereocenters. The van der Waals surface area contributed by atoms with Gasteiger partial charge < -0.3 is 40.3 Å². The predicted molar refractivity (Wildman–Crippen MR) is 203 cm³/mol. The number of unbranched alkanes of at least 4 members (excludes halogenated alkanes) is 18. The Bertz CT molecular complexity index is 879. The minimum absolute atomic E-state index is 0.189. The van der Waals surface area contributed by atoms with Crippen LogP contribution in [0.1, 0.15) is 162 Å². The SMILES string of the molecule is CCCCC/C=C\C/C=C\CCCCCCCCCC(=O)NC(COC1OC(CO)C(O)C(O)C1O)C(O)/C=C/CCCCCCCCCC. The summed E-state index contributed by atoms with van der Waals surface area (Å²) in [6.07, 6.45) is 30.4. The molecule has 0 spiro atoms. The topological polar surface area (TPSA) is 149 Å². The summed E-state index contributed by atoms with van der Waals surface area (Å²) >= 11 is 0. The van der Waals surface area contributed by atoms with Crippen LogP contribution in [0.5, 0.6) is 0 Å². The number of hydrogen-bond acceptors (Lipinski definition) is 8. The molecule has 0 aromatic rings. The van der Waals surface area contributed by atoms with Gasteiger partial charge in [0.1, 0.15) is 24.4 Å². The minimum Gasteiger partial charge on any atom is -0.394 e. The van der Waals surface area contributed by atoms with Crippen LogP contribution in [0.3, 0.4) is 0 Å². The maximum absolute atomic E-state index is 12.9. The minimum atomic E-state index is -1.57. The summed E-state index contributed by atoms with van der Waals surface area (Å²) < 4.78 is 11.1. The van der Waals surface area contributed by atoms with Crippen molar-refractivity contribution < 1.29 is 39.8 Å². The number of allylic oxidation sites excluding steroid dienone is 5. The molecule has 9 nitrogen and oxygen atoms in total. The molecule has 9 heteroatoms. The quantitative estimate of drug-likeness (QED) is 0.0314. The number of amides is 1. The zero-order chi connectivity index (χ0) is 36.7. The molecule has 7 atom stereocenters. The Kier molecular flexibility index (Phi) is 29.8. The van der Waals surface area contributed by atoms with Gasteiger partial charge in [0.15, 0.2) is 6.29 Å². The first-order chi connectivity index (χ1) is 24.3. The van der Waals surface area contributed by atoms with Crippen LogP contribution in [-0.2, 0) is 14.3 Å². The molecule has 1 saturated heterocycles. The molecule has 0 saturated carbocycles. The van der Waals surface area contributed by atoms with Gasteiger partial charge in [-0.25, -0.2) is 0 Å². The summed E-state index contributed by atoms with van der Waals surface area (Å²) in [7, 11) is 0. The van der Waals surface area contributed by atoms with E-state index < -0.39 is 49.5 Å². The van der Waals surface area contributed by atoms with Crippen LogP contribution in [0.4, 0.5) is 0 Å². The second-order valence-corrected chi connectivity index (χ2v) is 14.1. The van der Waals surface area contributed by atoms with E-state index in [2.05, 4.69) is 43.5 Å². The van der Waals surface area contributed by atoms with E-state index in [4.69, 9.17) is 9.47 Å². The van der Waals surface area contributed by atoms with Gasteiger partial charge in [-0.1, -0.05) is 140 Å². The Morgan fingerprint density at radius 3 is 1.76 bits per heavy atom. The van der Waals surface area contributed by atoms with Gasteiger partial charge in [-0.05, 0) is 51.4 Å². The van der Waals surface area contributed by atoms with E-state index >= 15 is 0 Å². The van der Waals surface area contributed by atoms with Gasteiger partial charge in [0.2, 0.25) is 5.91 Å². The van der Waals surface area contributed by atoms with Gasteiger partial charge in [-0.15, -0.1) is 0 Å². The fourth-order valence-corrected chi connectivity index (χ4v) is 6.12. The van der Waals surface area contributed by atoms with E-state index in [0.29, 0.717) is 6.42 Å². The summed E-state index contributed by atoms with van der Waals surface area (Å²) in [4.78, 5) is 12.9. The first kappa shape index (κ1) is 46.4. The zero-order valence-electron chi connectivity index (χ0n) is 31.6. The third-order valence-electron chi connectivity index (χ3n) is 9.46. The smallest absolute Gasteiger partial charge is 0.220 e. The first-order valence-electron chi connectivity index (χ1n) is 20.2. The monoisotopic (exact) mass is 710 g/mol. The summed E-state index contributed by atoms with van der Waals surface area (Å²) in [5, 5.41) is 53.9. The zero-order valence-corrected chi connectivity index (χ0v) is 31.6. The van der Waals surface area contributed by atoms with Gasteiger partial charge in [0, 0.05) is 6.42 Å². The third-order valence-corrected chi connectivity index (χ3v) is 9.46. The van der Waals surface area contributed by atoms with Crippen LogP contribution >= 0.6 is 0 Å². The molecule has 0 bridgehead atoms. The molecule has 0 aliphatic carbocycles. The lowest BCUT2D eigenvalue weighted by Crippen LogP contribution is -2.60. The standard InChI is InChI=1S/C41H75NO8/c1-3-5-7-9-11-13-15-16-17-18-19-20-21-23-25-27-29-31-37(45)42-34(33-49-41-40(48)39(47)38(46)36(32-43)50-41)35(44)30-28-26-24-22-14-12-10-8-6-4-2/h11,13,16-17,28,30,34-36,38-41,43-44,46-48H,3-10,12,14-15,18-27,29,31-33H2,1-2H3,(H,42,45)/b13-11-,17-16-,30-28+. The first-order valence-corrected chi connectivity index (χ1v) is 20.2. The van der Waals surface area contributed by atoms with E-state index in [0.717, 1.165) is 57.8 Å². The maximum Gasteiger partial charge on any atom is 0.220 e. The van der Waals surface area contributed by atoms with E-state index in [1.807, 2.05) is 6.08 Å². The van der Waals surface area contributed by atoms with Crippen molar-refractivity contribution in [1.29, 1.82) is 0 Å². The van der Waals surface area contributed by atoms with Crippen molar-refractivity contribution in [3.05, 3.63) is 36.5 Å². The normalized spacial score (nSPS) is 22.6. The second kappa shape index (κ2) is 32.1. The van der Waals surface area contributed by atoms with E-state index in [-0.39, 0.29) is 12.5 Å². The van der Waals surface area contributed by atoms with Crippen LogP contribution in [0.15, 0.2) is 36.5 Å². The van der Waals surface area contributed by atoms with Crippen LogP contribution in [0, 0.1) is 0 Å². The highest BCUT2D eigenvalue weighted by molar-refractivity contribution is 5.76. The fourth-order valence-electron chi connectivity index (χ4n) is 6.12. The van der Waals surface area contributed by atoms with Gasteiger partial charge in [0.25, 0.3) is 0 Å². The number of rotatable bonds is 32. The van der Waals surface area contributed by atoms with Crippen molar-refractivity contribution in [2.24, 2.45) is 0 Å². The molecular formula is C41H75NO8. The lowest BCUT2D eigenvalue weighted by atomic mass is 9.99. The number of aliphatic hydroxyl groups excluding tert-OH is 5. The lowest BCUT2D eigenvalue weighted by molar-refractivity contribution is -0.302. The van der Waals surface area contributed by atoms with Crippen LogP contribution in [0.25, 0.3) is 0 Å². The van der Waals surface area contributed by atoms with Gasteiger partial charge in [-0.2, -0.15) is 0 Å². The van der Waals surface area contributed by atoms with Crippen molar-refractivity contribution >= 4 is 5.91 Å². The molecule has 0 radical (unpaired) electrons. The molecule has 1 aliphatic rings. The fraction of sp³-hybridized carbons (Fsp3) is 0.829. The van der Waals surface area contributed by atoms with Crippen LogP contribution in [0.2, 0.25) is 0 Å². The Balaban J connectivity index is 2.40. The summed E-state index contributed by atoms with van der Waals surface area (Å²) in [5.74, 6) is -0.189. The van der Waals surface area contributed by atoms with Crippen LogP contribution < -0.4 is 5.32 Å². The van der Waals surface area contributed by atoms with Gasteiger partial charge >= 0.3 is 0 Å². The maximum atomic E-state index is 12.9. The molecule has 1 heterocycles. The summed E-state index contributed by atoms with van der Waals surface area (Å²) in [6.45, 7) is 3.69. The molecule has 50 heavy (non-hydrogen) atoms. The number of carbonyl (C=O) groups is 1. The number of carbonyl (C=O) groups excluding carboxylic acids is 1. The van der Waals surface area contributed by atoms with Crippen molar-refractivity contribution in [2.45, 2.75) is 204 Å². The van der Waals surface area contributed by atoms with Gasteiger partial charge in [-0.3, -0.25) is 4.79 Å². The second-order valence-electron chi connectivity index (χ2n) is 14.1. The highest BCUT2D eigenvalue weighted by Crippen LogP contribution is 2.22. The Morgan fingerprint density at radius 1 is 0.680 bits per heavy atom. The summed E-state index contributed by atoms with van der Waals surface area (Å²) in [5.41, 5.74) is 0. The molecule has 0 aromatic carbocycles. The number of aliphatic hydroxyl groups is 5. The van der Waals surface area contributed by atoms with Crippen molar-refractivity contribution in [3.63, 3.8) is 0 Å². The highest BCUT2D eigenvalue weighted by Gasteiger charge is 2.44. The molecule has 1 aliphatic heterocycles. The molecule has 292 valence electrons. The molecular weight excluding hydrogens is 634 g/mol.